The van der Waals surface area contributed by atoms with Crippen LogP contribution in [0, 0.1) is 0 Å². The number of carboxylic acids is 1. The van der Waals surface area contributed by atoms with Gasteiger partial charge in [-0.3, -0.25) is 14.5 Å². The van der Waals surface area contributed by atoms with Crippen LogP contribution in [-0.4, -0.2) is 58.3 Å². The molecule has 3 N–H and O–H groups in total. The van der Waals surface area contributed by atoms with Crippen LogP contribution < -0.4 is 5.32 Å². The van der Waals surface area contributed by atoms with Crippen LogP contribution in [0.5, 0.6) is 0 Å². The van der Waals surface area contributed by atoms with E-state index in [1.165, 1.54) is 4.90 Å². The van der Waals surface area contributed by atoms with E-state index >= 15 is 0 Å². The zero-order valence-corrected chi connectivity index (χ0v) is 10.2. The Balaban J connectivity index is 2.49. The van der Waals surface area contributed by atoms with Crippen molar-refractivity contribution in [2.75, 3.05) is 13.1 Å². The van der Waals surface area contributed by atoms with Crippen LogP contribution in [0.3, 0.4) is 0 Å². The molecule has 17 heavy (non-hydrogen) atoms. The van der Waals surface area contributed by atoms with Gasteiger partial charge in [0.25, 0.3) is 0 Å². The molecule has 0 aromatic rings. The van der Waals surface area contributed by atoms with Crippen LogP contribution in [0.15, 0.2) is 0 Å². The van der Waals surface area contributed by atoms with Crippen LogP contribution in [0.4, 0.5) is 0 Å². The van der Waals surface area contributed by atoms with E-state index in [1.54, 1.807) is 0 Å². The Bertz CT molecular complexity index is 295. The molecule has 3 atom stereocenters. The molecule has 6 heteroatoms. The predicted molar refractivity (Wildman–Crippen MR) is 61.5 cm³/mol. The number of carbonyl (C=O) groups is 2. The molecule has 6 nitrogen and oxygen atoms in total. The number of β-amino-alcohol motifs (C(OH)–C–C–N with tert-alkyl or cyclic N) is 1. The minimum absolute atomic E-state index is 0.0262. The molecule has 1 aliphatic heterocycles. The molecular formula is C11H20N2O4. The van der Waals surface area contributed by atoms with Crippen molar-refractivity contribution in [2.24, 2.45) is 0 Å². The number of nitrogens with zero attached hydrogens (tertiary/aromatic N) is 1. The lowest BCUT2D eigenvalue weighted by Gasteiger charge is -2.21. The molecule has 1 aliphatic rings. The van der Waals surface area contributed by atoms with Crippen molar-refractivity contribution in [3.8, 4) is 0 Å². The summed E-state index contributed by atoms with van der Waals surface area (Å²) < 4.78 is 0. The Kier molecular flexibility index (Phi) is 4.89. The summed E-state index contributed by atoms with van der Waals surface area (Å²) in [5.74, 6) is -1.18. The first kappa shape index (κ1) is 13.9. The van der Waals surface area contributed by atoms with Crippen LogP contribution in [0.2, 0.25) is 0 Å². The summed E-state index contributed by atoms with van der Waals surface area (Å²) in [4.78, 5) is 24.1. The first-order chi connectivity index (χ1) is 7.93. The maximum absolute atomic E-state index is 11.6. The predicted octanol–water partition coefficient (Wildman–Crippen LogP) is -0.579. The standard InChI is InChI=1S/C11H20N2O4/c1-3-7(2)12-10(15)6-13-5-8(14)4-9(13)11(16)17/h7-9,14H,3-6H2,1-2H3,(H,12,15)(H,16,17). The summed E-state index contributed by atoms with van der Waals surface area (Å²) in [5, 5.41) is 21.2. The molecule has 0 radical (unpaired) electrons. The molecule has 98 valence electrons. The number of carboxylic acid groups (broad SMARTS) is 1. The summed E-state index contributed by atoms with van der Waals surface area (Å²) in [6.45, 7) is 4.12. The van der Waals surface area contributed by atoms with Crippen molar-refractivity contribution >= 4 is 11.9 Å². The van der Waals surface area contributed by atoms with Crippen LogP contribution in [0.25, 0.3) is 0 Å². The van der Waals surface area contributed by atoms with Crippen molar-refractivity contribution in [1.82, 2.24) is 10.2 Å². The van der Waals surface area contributed by atoms with Gasteiger partial charge in [0.05, 0.1) is 12.6 Å². The maximum Gasteiger partial charge on any atom is 0.321 e. The normalized spacial score (nSPS) is 26.8. The number of hydrogen-bond donors (Lipinski definition) is 3. The highest BCUT2D eigenvalue weighted by Gasteiger charge is 2.36. The molecule has 1 saturated heterocycles. The number of likely N-dealkylation sites (tertiary alicyclic amines) is 1. The van der Waals surface area contributed by atoms with Gasteiger partial charge in [0.2, 0.25) is 5.91 Å². The average molecular weight is 244 g/mol. The average Bonchev–Trinajstić information content (AvgIpc) is 2.59. The highest BCUT2D eigenvalue weighted by molar-refractivity contribution is 5.80. The largest absolute Gasteiger partial charge is 0.480 e. The Hall–Kier alpha value is -1.14. The number of nitrogens with one attached hydrogen (secondary N) is 1. The Morgan fingerprint density at radius 3 is 2.71 bits per heavy atom. The monoisotopic (exact) mass is 244 g/mol. The molecule has 1 fully saturated rings. The van der Waals surface area contributed by atoms with Gasteiger partial charge in [0.1, 0.15) is 6.04 Å². The zero-order chi connectivity index (χ0) is 13.0. The number of hydrogen-bond acceptors (Lipinski definition) is 4. The Morgan fingerprint density at radius 2 is 2.18 bits per heavy atom. The summed E-state index contributed by atoms with van der Waals surface area (Å²) in [6, 6.07) is -0.675. The minimum atomic E-state index is -0.988. The molecule has 1 rings (SSSR count). The van der Waals surface area contributed by atoms with E-state index in [0.717, 1.165) is 6.42 Å². The van der Waals surface area contributed by atoms with Crippen LogP contribution in [0.1, 0.15) is 26.7 Å². The SMILES string of the molecule is CCC(C)NC(=O)CN1CC(O)CC1C(=O)O. The fourth-order valence-electron chi connectivity index (χ4n) is 1.92. The lowest BCUT2D eigenvalue weighted by Crippen LogP contribution is -2.45. The third-order valence-corrected chi connectivity index (χ3v) is 3.03. The second-order valence-corrected chi connectivity index (χ2v) is 4.55. The Labute approximate surface area is 101 Å². The van der Waals surface area contributed by atoms with Gasteiger partial charge in [-0.2, -0.15) is 0 Å². The smallest absolute Gasteiger partial charge is 0.321 e. The van der Waals surface area contributed by atoms with Gasteiger partial charge < -0.3 is 15.5 Å². The number of carbonyl (C=O) groups excluding carboxylic acids is 1. The van der Waals surface area contributed by atoms with Crippen molar-refractivity contribution < 1.29 is 19.8 Å². The maximum atomic E-state index is 11.6. The van der Waals surface area contributed by atoms with Crippen molar-refractivity contribution in [3.63, 3.8) is 0 Å². The third kappa shape index (κ3) is 3.98. The number of aliphatic hydroxyl groups excluding tert-OH is 1. The molecular weight excluding hydrogens is 224 g/mol. The van der Waals surface area contributed by atoms with E-state index in [0.29, 0.717) is 0 Å². The quantitative estimate of drug-likeness (QED) is 0.602. The summed E-state index contributed by atoms with van der Waals surface area (Å²) in [7, 11) is 0. The molecule has 1 heterocycles. The van der Waals surface area contributed by atoms with Crippen LogP contribution in [-0.2, 0) is 9.59 Å². The minimum Gasteiger partial charge on any atom is -0.480 e. The molecule has 0 aromatic heterocycles. The fourth-order valence-corrected chi connectivity index (χ4v) is 1.92. The van der Waals surface area contributed by atoms with Gasteiger partial charge in [-0.15, -0.1) is 0 Å². The molecule has 0 aliphatic carbocycles. The molecule has 1 amide bonds. The van der Waals surface area contributed by atoms with E-state index in [-0.39, 0.29) is 31.5 Å². The number of rotatable bonds is 5. The highest BCUT2D eigenvalue weighted by Crippen LogP contribution is 2.17. The van der Waals surface area contributed by atoms with Gasteiger partial charge >= 0.3 is 5.97 Å². The highest BCUT2D eigenvalue weighted by atomic mass is 16.4. The lowest BCUT2D eigenvalue weighted by atomic mass is 10.2. The molecule has 0 bridgehead atoms. The molecule has 0 spiro atoms. The first-order valence-electron chi connectivity index (χ1n) is 5.88. The van der Waals surface area contributed by atoms with Crippen LogP contribution >= 0.6 is 0 Å². The summed E-state index contributed by atoms with van der Waals surface area (Å²) in [6.07, 6.45) is 0.357. The zero-order valence-electron chi connectivity index (χ0n) is 10.2. The third-order valence-electron chi connectivity index (χ3n) is 3.03. The second kappa shape index (κ2) is 5.97. The van der Waals surface area contributed by atoms with E-state index in [9.17, 15) is 14.7 Å². The number of aliphatic carboxylic acids is 1. The molecule has 0 saturated carbocycles. The van der Waals surface area contributed by atoms with E-state index in [2.05, 4.69) is 5.32 Å². The number of amides is 1. The summed E-state index contributed by atoms with van der Waals surface area (Å²) >= 11 is 0. The van der Waals surface area contributed by atoms with Gasteiger partial charge in [0, 0.05) is 19.0 Å². The fraction of sp³-hybridized carbons (Fsp3) is 0.818. The van der Waals surface area contributed by atoms with E-state index in [4.69, 9.17) is 5.11 Å². The molecule has 3 unspecified atom stereocenters. The Morgan fingerprint density at radius 1 is 1.53 bits per heavy atom. The van der Waals surface area contributed by atoms with Crippen molar-refractivity contribution in [2.45, 2.75) is 44.9 Å². The number of aliphatic hydroxyl groups is 1. The van der Waals surface area contributed by atoms with Gasteiger partial charge in [-0.25, -0.2) is 0 Å². The van der Waals surface area contributed by atoms with Gasteiger partial charge in [-0.1, -0.05) is 6.92 Å². The lowest BCUT2D eigenvalue weighted by molar-refractivity contribution is -0.142. The van der Waals surface area contributed by atoms with E-state index in [1.807, 2.05) is 13.8 Å². The van der Waals surface area contributed by atoms with Crippen molar-refractivity contribution in [3.05, 3.63) is 0 Å². The summed E-state index contributed by atoms with van der Waals surface area (Å²) in [5.41, 5.74) is 0. The van der Waals surface area contributed by atoms with E-state index < -0.39 is 18.1 Å². The topological polar surface area (TPSA) is 89.9 Å². The molecule has 0 aromatic carbocycles. The van der Waals surface area contributed by atoms with Gasteiger partial charge in [0.15, 0.2) is 0 Å². The second-order valence-electron chi connectivity index (χ2n) is 4.55. The van der Waals surface area contributed by atoms with Crippen molar-refractivity contribution in [1.29, 1.82) is 0 Å². The van der Waals surface area contributed by atoms with Gasteiger partial charge in [-0.05, 0) is 13.3 Å². The first-order valence-corrected chi connectivity index (χ1v) is 5.88.